The monoisotopic (exact) mass is 1270 g/mol. The highest BCUT2D eigenvalue weighted by atomic mass is 19.1. The first-order valence-electron chi connectivity index (χ1n) is 31.4. The second-order valence-corrected chi connectivity index (χ2v) is 25.0. The van der Waals surface area contributed by atoms with Gasteiger partial charge in [0.2, 0.25) is 41.2 Å². The Kier molecular flexibility index (Phi) is 26.6. The molecular formula is C70H90FN7O14. The lowest BCUT2D eigenvalue weighted by Crippen LogP contribution is -2.60. The SMILES string of the molecule is COc1ccc(CC[C@H]2OC(=O)[C@@H]3CCCCN3C(=O)C(=O)C(C)(C)COC(=O)/C=C\CCN(C)C(=O)[C@H](Cc3ccc(F)cc3)NC(=O)[C@H](C(C)C)N(C)C(=O)[C@@H](Cc3ccccc3)NC(=O)[C@H](CC(C)C)N(C)C(=O)CCC(=O)Nc3cccc2c3)cc1OC. The number of fused-ring (bicyclic) bond motifs is 3. The topological polar surface area (TPSA) is 257 Å². The summed E-state index contributed by atoms with van der Waals surface area (Å²) in [6.45, 7) is 9.76. The number of hydrogen-bond donors (Lipinski definition) is 3. The van der Waals surface area contributed by atoms with E-state index in [4.69, 9.17) is 18.9 Å². The van der Waals surface area contributed by atoms with Crippen molar-refractivity contribution in [3.05, 3.63) is 137 Å². The number of likely N-dealkylation sites (N-methyl/N-ethyl adjacent to an activating group) is 3. The molecule has 7 amide bonds. The zero-order valence-corrected chi connectivity index (χ0v) is 54.8. The molecule has 6 atom stereocenters. The van der Waals surface area contributed by atoms with Gasteiger partial charge in [0.15, 0.2) is 11.5 Å². The number of hydrogen-bond acceptors (Lipinski definition) is 14. The van der Waals surface area contributed by atoms with Gasteiger partial charge >= 0.3 is 11.9 Å². The summed E-state index contributed by atoms with van der Waals surface area (Å²) in [5.41, 5.74) is 1.30. The number of benzene rings is 4. The van der Waals surface area contributed by atoms with E-state index in [1.165, 1.54) is 99.2 Å². The van der Waals surface area contributed by atoms with Gasteiger partial charge < -0.3 is 54.5 Å². The fraction of sp³-hybridized carbons (Fsp3) is 0.486. The lowest BCUT2D eigenvalue weighted by molar-refractivity contribution is -0.165. The smallest absolute Gasteiger partial charge is 0.330 e. The van der Waals surface area contributed by atoms with Gasteiger partial charge in [-0.05, 0) is 129 Å². The fourth-order valence-corrected chi connectivity index (χ4v) is 11.3. The molecule has 496 valence electrons. The first kappa shape index (κ1) is 72.1. The summed E-state index contributed by atoms with van der Waals surface area (Å²) in [6.07, 6.45) is 3.10. The molecule has 0 spiro atoms. The van der Waals surface area contributed by atoms with Gasteiger partial charge in [-0.25, -0.2) is 14.0 Å². The van der Waals surface area contributed by atoms with E-state index < -0.39 is 119 Å². The first-order chi connectivity index (χ1) is 43.7. The summed E-state index contributed by atoms with van der Waals surface area (Å²) in [4.78, 5) is 148. The molecule has 21 nitrogen and oxygen atoms in total. The number of amides is 7. The van der Waals surface area contributed by atoms with E-state index in [9.17, 15) is 52.3 Å². The summed E-state index contributed by atoms with van der Waals surface area (Å²) < 4.78 is 37.0. The molecule has 3 N–H and O–H groups in total. The van der Waals surface area contributed by atoms with Crippen molar-refractivity contribution in [1.29, 1.82) is 0 Å². The standard InChI is InChI=1S/C70H90FN7O14/c1-44(2)38-55-64(83)73-53(39-46-20-13-12-14-21-46)67(86)77(9)62(45(3)4)65(84)74-52(40-47-26-30-50(71)31-27-47)66(85)75(7)36-17-16-25-61(81)91-43-70(5,6)63(82)68(87)78-37-18-15-24-54(78)69(88)92-56(32-28-48-29-33-57(89-10)58(41-48)90-11)49-22-19-23-51(42-49)72-59(79)34-35-60(80)76(55)8/h12-14,16,19-23,25-27,29-31,33,41-42,44-45,52-56,62H,15,17-18,24,28,32,34-40,43H2,1-11H3,(H,72,79)(H,73,83)(H,74,84)/b25-16-/t52-,53+,54-,55-,56+,62-/m0/s1. The minimum Gasteiger partial charge on any atom is -0.493 e. The molecule has 2 bridgehead atoms. The van der Waals surface area contributed by atoms with Crippen LogP contribution >= 0.6 is 0 Å². The predicted molar refractivity (Wildman–Crippen MR) is 343 cm³/mol. The van der Waals surface area contributed by atoms with Crippen LogP contribution in [-0.2, 0) is 76.7 Å². The Bertz CT molecular complexity index is 3280. The third-order valence-electron chi connectivity index (χ3n) is 16.6. The summed E-state index contributed by atoms with van der Waals surface area (Å²) in [6, 6.07) is 20.5. The van der Waals surface area contributed by atoms with Gasteiger partial charge in [-0.3, -0.25) is 38.4 Å². The Labute approximate surface area is 539 Å². The van der Waals surface area contributed by atoms with Crippen LogP contribution < -0.4 is 25.4 Å². The summed E-state index contributed by atoms with van der Waals surface area (Å²) in [5, 5.41) is 8.64. The van der Waals surface area contributed by atoms with Crippen molar-refractivity contribution < 1.29 is 71.3 Å². The lowest BCUT2D eigenvalue weighted by Gasteiger charge is -2.36. The Morgan fingerprint density at radius 2 is 1.35 bits per heavy atom. The maximum absolute atomic E-state index is 15.0. The number of cyclic esters (lactones) is 2. The van der Waals surface area contributed by atoms with E-state index in [1.807, 2.05) is 19.9 Å². The molecule has 2 heterocycles. The molecule has 1 saturated heterocycles. The quantitative estimate of drug-likeness (QED) is 0.0916. The van der Waals surface area contributed by atoms with Gasteiger partial charge in [-0.15, -0.1) is 0 Å². The Balaban J connectivity index is 1.34. The van der Waals surface area contributed by atoms with Crippen LogP contribution in [0.1, 0.15) is 121 Å². The number of methoxy groups -OCH3 is 2. The van der Waals surface area contributed by atoms with E-state index >= 15 is 0 Å². The van der Waals surface area contributed by atoms with Gasteiger partial charge in [0.25, 0.3) is 5.91 Å². The summed E-state index contributed by atoms with van der Waals surface area (Å²) in [5.74, 6) is -7.20. The van der Waals surface area contributed by atoms with Crippen molar-refractivity contribution in [1.82, 2.24) is 30.2 Å². The second kappa shape index (κ2) is 33.9. The van der Waals surface area contributed by atoms with Crippen LogP contribution in [0, 0.1) is 23.1 Å². The Hall–Kier alpha value is -8.95. The average Bonchev–Trinajstić information content (AvgIpc) is 0.849. The zero-order chi connectivity index (χ0) is 67.4. The number of esters is 2. The molecule has 2 aliphatic heterocycles. The van der Waals surface area contributed by atoms with Crippen LogP contribution in [0.3, 0.4) is 0 Å². The molecule has 0 unspecified atom stereocenters. The Morgan fingerprint density at radius 3 is 2.01 bits per heavy atom. The number of nitrogens with one attached hydrogen (secondary N) is 3. The molecule has 0 aromatic heterocycles. The van der Waals surface area contributed by atoms with Crippen molar-refractivity contribution >= 4 is 64.8 Å². The predicted octanol–water partition coefficient (Wildman–Crippen LogP) is 7.53. The molecule has 6 rings (SSSR count). The number of halogens is 1. The van der Waals surface area contributed by atoms with Gasteiger partial charge in [0.05, 0.1) is 19.6 Å². The number of ketones is 1. The average molecular weight is 1270 g/mol. The van der Waals surface area contributed by atoms with Gasteiger partial charge in [-0.2, -0.15) is 0 Å². The van der Waals surface area contributed by atoms with Crippen LogP contribution in [0.25, 0.3) is 0 Å². The van der Waals surface area contributed by atoms with Gasteiger partial charge in [-0.1, -0.05) is 94.4 Å². The number of aryl methyl sites for hydroxylation is 1. The first-order valence-corrected chi connectivity index (χ1v) is 31.4. The third-order valence-corrected chi connectivity index (χ3v) is 16.6. The number of ether oxygens (including phenoxy) is 4. The number of piperidine rings is 1. The normalized spacial score (nSPS) is 22.5. The third kappa shape index (κ3) is 20.3. The number of rotatable bonds is 12. The van der Waals surface area contributed by atoms with Crippen molar-refractivity contribution in [3.8, 4) is 11.5 Å². The number of carbonyl (C=O) groups excluding carboxylic acids is 10. The Morgan fingerprint density at radius 1 is 0.696 bits per heavy atom. The van der Waals surface area contributed by atoms with Crippen LogP contribution in [0.2, 0.25) is 0 Å². The van der Waals surface area contributed by atoms with Crippen molar-refractivity contribution in [2.45, 2.75) is 148 Å². The largest absolute Gasteiger partial charge is 0.493 e. The molecule has 92 heavy (non-hydrogen) atoms. The second-order valence-electron chi connectivity index (χ2n) is 25.0. The lowest BCUT2D eigenvalue weighted by atomic mass is 9.87. The number of nitrogens with zero attached hydrogens (tertiary/aromatic N) is 4. The maximum atomic E-state index is 15.0. The molecule has 2 aliphatic rings. The van der Waals surface area contributed by atoms with Crippen LogP contribution in [0.5, 0.6) is 11.5 Å². The minimum atomic E-state index is -1.54. The summed E-state index contributed by atoms with van der Waals surface area (Å²) >= 11 is 0. The minimum absolute atomic E-state index is 0.00285. The number of Topliss-reactive ketones (excluding diaryl/α,β-unsaturated/α-hetero) is 1. The van der Waals surface area contributed by atoms with Crippen LogP contribution in [-0.4, -0.2) is 164 Å². The van der Waals surface area contributed by atoms with Crippen molar-refractivity contribution in [2.24, 2.45) is 17.3 Å². The van der Waals surface area contributed by atoms with Gasteiger partial charge in [0, 0.05) is 71.7 Å². The highest BCUT2D eigenvalue weighted by molar-refractivity contribution is 6.38. The summed E-state index contributed by atoms with van der Waals surface area (Å²) in [7, 11) is 7.45. The van der Waals surface area contributed by atoms with Crippen molar-refractivity contribution in [3.63, 3.8) is 0 Å². The maximum Gasteiger partial charge on any atom is 0.330 e. The molecular weight excluding hydrogens is 1180 g/mol. The highest BCUT2D eigenvalue weighted by Gasteiger charge is 2.43. The molecule has 4 aromatic carbocycles. The number of anilines is 1. The number of carbonyl (C=O) groups is 10. The van der Waals surface area contributed by atoms with E-state index in [-0.39, 0.29) is 70.4 Å². The van der Waals surface area contributed by atoms with Crippen molar-refractivity contribution in [2.75, 3.05) is 60.4 Å². The van der Waals surface area contributed by atoms with E-state index in [1.54, 1.807) is 80.6 Å². The van der Waals surface area contributed by atoms with Crippen LogP contribution in [0.4, 0.5) is 10.1 Å². The van der Waals surface area contributed by atoms with E-state index in [0.717, 1.165) is 11.6 Å². The van der Waals surface area contributed by atoms with Crippen LogP contribution in [0.15, 0.2) is 109 Å². The fourth-order valence-electron chi connectivity index (χ4n) is 11.3. The zero-order valence-electron chi connectivity index (χ0n) is 54.8. The molecule has 0 saturated carbocycles. The highest BCUT2D eigenvalue weighted by Crippen LogP contribution is 2.33. The van der Waals surface area contributed by atoms with E-state index in [0.29, 0.717) is 53.1 Å². The molecule has 4 aromatic rings. The van der Waals surface area contributed by atoms with Gasteiger partial charge in [0.1, 0.15) is 48.7 Å². The van der Waals surface area contributed by atoms with E-state index in [2.05, 4.69) is 16.0 Å². The molecule has 22 heteroatoms. The molecule has 0 aliphatic carbocycles. The molecule has 0 radical (unpaired) electrons. The molecule has 1 fully saturated rings.